The van der Waals surface area contributed by atoms with Gasteiger partial charge in [-0.15, -0.1) is 0 Å². The van der Waals surface area contributed by atoms with Crippen LogP contribution >= 0.6 is 0 Å². The van der Waals surface area contributed by atoms with E-state index in [2.05, 4.69) is 10.3 Å². The minimum atomic E-state index is -0.0631. The van der Waals surface area contributed by atoms with E-state index < -0.39 is 0 Å². The molecule has 4 nitrogen and oxygen atoms in total. The highest BCUT2D eigenvalue weighted by molar-refractivity contribution is 5.29. The summed E-state index contributed by atoms with van der Waals surface area (Å²) in [6.45, 7) is 2.63. The van der Waals surface area contributed by atoms with E-state index in [0.29, 0.717) is 6.54 Å². The zero-order valence-electron chi connectivity index (χ0n) is 6.14. The molecule has 1 rings (SSSR count). The highest BCUT2D eigenvalue weighted by Gasteiger charge is 1.96. The van der Waals surface area contributed by atoms with E-state index in [1.54, 1.807) is 17.8 Å². The van der Waals surface area contributed by atoms with Gasteiger partial charge in [-0.05, 0) is 6.92 Å². The van der Waals surface area contributed by atoms with Crippen LogP contribution in [0.5, 0.6) is 0 Å². The summed E-state index contributed by atoms with van der Waals surface area (Å²) in [5.41, 5.74) is -0.0631. The monoisotopic (exact) mass is 141 g/mol. The van der Waals surface area contributed by atoms with Crippen LogP contribution in [0.15, 0.2) is 11.0 Å². The highest BCUT2D eigenvalue weighted by atomic mass is 16.1. The second-order valence-electron chi connectivity index (χ2n) is 2.01. The Morgan fingerprint density at radius 3 is 2.80 bits per heavy atom. The van der Waals surface area contributed by atoms with Crippen molar-refractivity contribution in [3.05, 3.63) is 16.7 Å². The van der Waals surface area contributed by atoms with Crippen LogP contribution < -0.4 is 11.0 Å². The number of H-pyrrole nitrogens is 1. The van der Waals surface area contributed by atoms with Crippen molar-refractivity contribution in [3.8, 4) is 0 Å². The molecule has 56 valence electrons. The third-order valence-electron chi connectivity index (χ3n) is 1.40. The Balaban J connectivity index is 3.04. The highest BCUT2D eigenvalue weighted by Crippen LogP contribution is 1.94. The molecule has 0 atom stereocenters. The summed E-state index contributed by atoms with van der Waals surface area (Å²) in [4.78, 5) is 13.5. The molecular weight excluding hydrogens is 130 g/mol. The topological polar surface area (TPSA) is 49.8 Å². The molecular formula is C6H11N3O. The summed E-state index contributed by atoms with van der Waals surface area (Å²) in [5.74, 6) is 0.756. The number of aromatic nitrogens is 2. The number of rotatable bonds is 2. The summed E-state index contributed by atoms with van der Waals surface area (Å²) >= 11 is 0. The number of hydrogen-bond acceptors (Lipinski definition) is 2. The lowest BCUT2D eigenvalue weighted by atomic mass is 10.7. The van der Waals surface area contributed by atoms with Gasteiger partial charge in [0.25, 0.3) is 0 Å². The smallest absolute Gasteiger partial charge is 0.327 e. The molecule has 0 fully saturated rings. The molecule has 0 aliphatic heterocycles. The summed E-state index contributed by atoms with van der Waals surface area (Å²) in [6, 6.07) is 0. The zero-order valence-corrected chi connectivity index (χ0v) is 6.14. The van der Waals surface area contributed by atoms with Crippen LogP contribution in [-0.4, -0.2) is 16.6 Å². The molecule has 1 aromatic rings. The van der Waals surface area contributed by atoms with E-state index in [9.17, 15) is 4.79 Å². The average Bonchev–Trinajstić information content (AvgIpc) is 2.30. The average molecular weight is 141 g/mol. The quantitative estimate of drug-likeness (QED) is 0.619. The number of anilines is 1. The number of hydrogen-bond donors (Lipinski definition) is 2. The Bertz CT molecular complexity index is 260. The standard InChI is InChI=1S/C6H11N3O/c1-3-9-4-5(7-2)8-6(9)10/h4,7H,3H2,1-2H3,(H,8,10). The van der Waals surface area contributed by atoms with Crippen LogP contribution in [0.2, 0.25) is 0 Å². The molecule has 0 amide bonds. The van der Waals surface area contributed by atoms with E-state index in [0.717, 1.165) is 5.82 Å². The molecule has 0 bridgehead atoms. The second-order valence-corrected chi connectivity index (χ2v) is 2.01. The Hall–Kier alpha value is -1.19. The van der Waals surface area contributed by atoms with Crippen LogP contribution in [0.4, 0.5) is 5.82 Å². The lowest BCUT2D eigenvalue weighted by Gasteiger charge is -1.90. The second kappa shape index (κ2) is 2.60. The van der Waals surface area contributed by atoms with Gasteiger partial charge in [-0.1, -0.05) is 0 Å². The van der Waals surface area contributed by atoms with Crippen LogP contribution in [-0.2, 0) is 6.54 Å². The van der Waals surface area contributed by atoms with Gasteiger partial charge in [-0.25, -0.2) is 4.79 Å². The number of nitrogens with one attached hydrogen (secondary N) is 2. The van der Waals surface area contributed by atoms with Crippen molar-refractivity contribution in [2.45, 2.75) is 13.5 Å². The van der Waals surface area contributed by atoms with Crippen molar-refractivity contribution in [2.24, 2.45) is 0 Å². The number of aromatic amines is 1. The maximum absolute atomic E-state index is 10.9. The number of nitrogens with zero attached hydrogens (tertiary/aromatic N) is 1. The summed E-state index contributed by atoms with van der Waals surface area (Å²) in [5, 5.41) is 2.85. The van der Waals surface area contributed by atoms with Crippen molar-refractivity contribution >= 4 is 5.82 Å². The SMILES string of the molecule is CCn1cc(NC)[nH]c1=O. The van der Waals surface area contributed by atoms with Gasteiger partial charge >= 0.3 is 5.69 Å². The predicted molar refractivity (Wildman–Crippen MR) is 40.3 cm³/mol. The van der Waals surface area contributed by atoms with Crippen molar-refractivity contribution in [1.29, 1.82) is 0 Å². The van der Waals surface area contributed by atoms with Crippen LogP contribution in [0.1, 0.15) is 6.92 Å². The Kier molecular flexibility index (Phi) is 1.80. The summed E-state index contributed by atoms with van der Waals surface area (Å²) in [6.07, 6.45) is 1.75. The minimum absolute atomic E-state index is 0.0631. The van der Waals surface area contributed by atoms with Crippen molar-refractivity contribution in [2.75, 3.05) is 12.4 Å². The molecule has 1 heterocycles. The Morgan fingerprint density at radius 1 is 1.80 bits per heavy atom. The number of aryl methyl sites for hydroxylation is 1. The number of imidazole rings is 1. The maximum Gasteiger partial charge on any atom is 0.327 e. The first-order valence-electron chi connectivity index (χ1n) is 3.25. The predicted octanol–water partition coefficient (Wildman–Crippen LogP) is 0.238. The van der Waals surface area contributed by atoms with Gasteiger partial charge in [0.05, 0.1) is 0 Å². The van der Waals surface area contributed by atoms with Crippen molar-refractivity contribution in [3.63, 3.8) is 0 Å². The van der Waals surface area contributed by atoms with Gasteiger partial charge in [0, 0.05) is 19.8 Å². The Morgan fingerprint density at radius 2 is 2.50 bits per heavy atom. The molecule has 10 heavy (non-hydrogen) atoms. The molecule has 0 aromatic carbocycles. The minimum Gasteiger partial charge on any atom is -0.373 e. The molecule has 0 aliphatic carbocycles. The van der Waals surface area contributed by atoms with Gasteiger partial charge in [-0.3, -0.25) is 9.55 Å². The van der Waals surface area contributed by atoms with E-state index in [-0.39, 0.29) is 5.69 Å². The Labute approximate surface area is 58.9 Å². The van der Waals surface area contributed by atoms with Gasteiger partial charge in [0.1, 0.15) is 5.82 Å². The first-order chi connectivity index (χ1) is 4.77. The molecule has 0 saturated carbocycles. The summed E-state index contributed by atoms with van der Waals surface area (Å²) in [7, 11) is 1.77. The van der Waals surface area contributed by atoms with Crippen molar-refractivity contribution < 1.29 is 0 Å². The first-order valence-corrected chi connectivity index (χ1v) is 3.25. The third kappa shape index (κ3) is 1.05. The van der Waals surface area contributed by atoms with Gasteiger partial charge in [0.15, 0.2) is 0 Å². The molecule has 0 spiro atoms. The maximum atomic E-state index is 10.9. The molecule has 1 aromatic heterocycles. The van der Waals surface area contributed by atoms with E-state index >= 15 is 0 Å². The van der Waals surface area contributed by atoms with Gasteiger partial charge in [0.2, 0.25) is 0 Å². The molecule has 0 unspecified atom stereocenters. The molecule has 0 saturated heterocycles. The van der Waals surface area contributed by atoms with Gasteiger partial charge in [-0.2, -0.15) is 0 Å². The molecule has 2 N–H and O–H groups in total. The third-order valence-corrected chi connectivity index (χ3v) is 1.40. The van der Waals surface area contributed by atoms with Crippen LogP contribution in [0.25, 0.3) is 0 Å². The molecule has 4 heteroatoms. The fourth-order valence-corrected chi connectivity index (χ4v) is 0.796. The normalized spacial score (nSPS) is 9.80. The summed E-state index contributed by atoms with van der Waals surface area (Å²) < 4.78 is 1.60. The fourth-order valence-electron chi connectivity index (χ4n) is 0.796. The first kappa shape index (κ1) is 6.92. The zero-order chi connectivity index (χ0) is 7.56. The lowest BCUT2D eigenvalue weighted by molar-refractivity contribution is 0.730. The van der Waals surface area contributed by atoms with Crippen LogP contribution in [0.3, 0.4) is 0 Å². The van der Waals surface area contributed by atoms with Crippen LogP contribution in [0, 0.1) is 0 Å². The molecule has 0 aliphatic rings. The largest absolute Gasteiger partial charge is 0.373 e. The fraction of sp³-hybridized carbons (Fsp3) is 0.500. The van der Waals surface area contributed by atoms with Gasteiger partial charge < -0.3 is 5.32 Å². The molecule has 0 radical (unpaired) electrons. The lowest BCUT2D eigenvalue weighted by Crippen LogP contribution is -2.14. The van der Waals surface area contributed by atoms with E-state index in [1.165, 1.54) is 0 Å². The van der Waals surface area contributed by atoms with E-state index in [1.807, 2.05) is 6.92 Å². The van der Waals surface area contributed by atoms with E-state index in [4.69, 9.17) is 0 Å². The van der Waals surface area contributed by atoms with Crippen molar-refractivity contribution in [1.82, 2.24) is 9.55 Å².